The van der Waals surface area contributed by atoms with Gasteiger partial charge in [0, 0.05) is 29.9 Å². The van der Waals surface area contributed by atoms with Crippen molar-refractivity contribution in [2.75, 3.05) is 12.8 Å². The van der Waals surface area contributed by atoms with Crippen LogP contribution in [0.15, 0.2) is 30.5 Å². The number of nitrogens with zero attached hydrogens (tertiary/aromatic N) is 2. The fourth-order valence-corrected chi connectivity index (χ4v) is 3.58. The minimum absolute atomic E-state index is 0.699. The van der Waals surface area contributed by atoms with Crippen LogP contribution in [0.1, 0.15) is 38.2 Å². The minimum Gasteiger partial charge on any atom is -0.398 e. The van der Waals surface area contributed by atoms with Gasteiger partial charge in [-0.1, -0.05) is 25.8 Å². The third-order valence-electron chi connectivity index (χ3n) is 4.84. The number of nitrogen functional groups attached to an aromatic ring is 1. The van der Waals surface area contributed by atoms with Crippen LogP contribution in [0, 0.1) is 5.92 Å². The summed E-state index contributed by atoms with van der Waals surface area (Å²) in [4.78, 5) is 7.04. The molecule has 2 N–H and O–H groups in total. The number of aromatic nitrogens is 1. The van der Waals surface area contributed by atoms with E-state index in [-0.39, 0.29) is 0 Å². The maximum Gasteiger partial charge on any atom is 0.0767 e. The smallest absolute Gasteiger partial charge is 0.0767 e. The summed E-state index contributed by atoms with van der Waals surface area (Å²) in [6.45, 7) is 3.32. The average molecular weight is 283 g/mol. The number of anilines is 1. The molecule has 1 heterocycles. The van der Waals surface area contributed by atoms with Crippen molar-refractivity contribution in [2.45, 2.75) is 45.2 Å². The van der Waals surface area contributed by atoms with Gasteiger partial charge in [0.2, 0.25) is 0 Å². The monoisotopic (exact) mass is 283 g/mol. The lowest BCUT2D eigenvalue weighted by atomic mass is 9.86. The quantitative estimate of drug-likeness (QED) is 0.871. The molecule has 112 valence electrons. The van der Waals surface area contributed by atoms with Crippen LogP contribution in [-0.4, -0.2) is 23.0 Å². The van der Waals surface area contributed by atoms with Crippen LogP contribution >= 0.6 is 0 Å². The number of fused-ring (bicyclic) bond motifs is 1. The Balaban J connectivity index is 1.83. The van der Waals surface area contributed by atoms with Crippen molar-refractivity contribution in [1.82, 2.24) is 9.88 Å². The fourth-order valence-electron chi connectivity index (χ4n) is 3.58. The van der Waals surface area contributed by atoms with Gasteiger partial charge < -0.3 is 5.73 Å². The van der Waals surface area contributed by atoms with Crippen LogP contribution < -0.4 is 5.73 Å². The minimum atomic E-state index is 0.699. The Morgan fingerprint density at radius 1 is 1.29 bits per heavy atom. The predicted molar refractivity (Wildman–Crippen MR) is 89.0 cm³/mol. The molecule has 1 aromatic heterocycles. The fraction of sp³-hybridized carbons (Fsp3) is 0.500. The first kappa shape index (κ1) is 14.3. The summed E-state index contributed by atoms with van der Waals surface area (Å²) in [5.74, 6) is 0.854. The highest BCUT2D eigenvalue weighted by Gasteiger charge is 2.22. The number of hydrogen-bond donors (Lipinski definition) is 1. The van der Waals surface area contributed by atoms with Crippen molar-refractivity contribution in [1.29, 1.82) is 0 Å². The lowest BCUT2D eigenvalue weighted by Gasteiger charge is -2.34. The predicted octanol–water partition coefficient (Wildman–Crippen LogP) is 3.83. The summed E-state index contributed by atoms with van der Waals surface area (Å²) in [5.41, 5.74) is 9.21. The maximum absolute atomic E-state index is 6.06. The summed E-state index contributed by atoms with van der Waals surface area (Å²) in [5, 5.41) is 1.07. The van der Waals surface area contributed by atoms with Gasteiger partial charge in [-0.15, -0.1) is 0 Å². The summed E-state index contributed by atoms with van der Waals surface area (Å²) < 4.78 is 0. The van der Waals surface area contributed by atoms with Gasteiger partial charge in [-0.3, -0.25) is 9.88 Å². The van der Waals surface area contributed by atoms with E-state index in [1.54, 1.807) is 0 Å². The molecule has 1 aliphatic carbocycles. The number of benzene rings is 1. The second-order valence-corrected chi connectivity index (χ2v) is 6.55. The summed E-state index contributed by atoms with van der Waals surface area (Å²) in [6.07, 6.45) is 7.24. The lowest BCUT2D eigenvalue weighted by Crippen LogP contribution is -2.35. The van der Waals surface area contributed by atoms with Crippen molar-refractivity contribution in [2.24, 2.45) is 5.92 Å². The molecule has 0 spiro atoms. The molecule has 2 aromatic rings. The Labute approximate surface area is 127 Å². The van der Waals surface area contributed by atoms with E-state index in [0.717, 1.165) is 29.1 Å². The van der Waals surface area contributed by atoms with Crippen molar-refractivity contribution < 1.29 is 0 Å². The average Bonchev–Trinajstić information content (AvgIpc) is 2.50. The number of hydrogen-bond acceptors (Lipinski definition) is 3. The van der Waals surface area contributed by atoms with E-state index < -0.39 is 0 Å². The van der Waals surface area contributed by atoms with Gasteiger partial charge in [0.05, 0.1) is 5.52 Å². The highest BCUT2D eigenvalue weighted by molar-refractivity contribution is 5.92. The summed E-state index contributed by atoms with van der Waals surface area (Å²) in [6, 6.07) is 8.85. The first-order valence-corrected chi connectivity index (χ1v) is 7.97. The molecule has 0 aliphatic heterocycles. The molecule has 1 aliphatic rings. The van der Waals surface area contributed by atoms with E-state index >= 15 is 0 Å². The number of rotatable bonds is 3. The lowest BCUT2D eigenvalue weighted by molar-refractivity contribution is 0.158. The van der Waals surface area contributed by atoms with Crippen molar-refractivity contribution in [3.05, 3.63) is 36.0 Å². The zero-order valence-electron chi connectivity index (χ0n) is 13.0. The van der Waals surface area contributed by atoms with Crippen LogP contribution in [0.2, 0.25) is 0 Å². The van der Waals surface area contributed by atoms with Crippen LogP contribution in [-0.2, 0) is 6.54 Å². The SMILES string of the molecule is CC1CCCC(N(C)Cc2ccc(N)c3cccnc23)C1. The van der Waals surface area contributed by atoms with E-state index in [2.05, 4.69) is 36.0 Å². The van der Waals surface area contributed by atoms with Gasteiger partial charge >= 0.3 is 0 Å². The molecule has 1 saturated carbocycles. The van der Waals surface area contributed by atoms with Crippen molar-refractivity contribution in [3.8, 4) is 0 Å². The van der Waals surface area contributed by atoms with Crippen LogP contribution in [0.5, 0.6) is 0 Å². The van der Waals surface area contributed by atoms with E-state index in [1.807, 2.05) is 18.3 Å². The highest BCUT2D eigenvalue weighted by atomic mass is 15.1. The third-order valence-corrected chi connectivity index (χ3v) is 4.84. The molecule has 1 fully saturated rings. The molecule has 21 heavy (non-hydrogen) atoms. The topological polar surface area (TPSA) is 42.1 Å². The summed E-state index contributed by atoms with van der Waals surface area (Å²) in [7, 11) is 2.24. The molecule has 0 radical (unpaired) electrons. The third kappa shape index (κ3) is 3.03. The molecule has 0 bridgehead atoms. The first-order chi connectivity index (χ1) is 10.1. The van der Waals surface area contributed by atoms with Gasteiger partial charge in [-0.2, -0.15) is 0 Å². The zero-order valence-corrected chi connectivity index (χ0v) is 13.0. The van der Waals surface area contributed by atoms with Gasteiger partial charge in [-0.05, 0) is 49.6 Å². The molecule has 3 rings (SSSR count). The van der Waals surface area contributed by atoms with Crippen molar-refractivity contribution in [3.63, 3.8) is 0 Å². The standard InChI is InChI=1S/C18H25N3/c1-13-5-3-6-15(11-13)21(2)12-14-8-9-17(19)16-7-4-10-20-18(14)16/h4,7-10,13,15H,3,5-6,11-12,19H2,1-2H3. The van der Waals surface area contributed by atoms with Crippen LogP contribution in [0.4, 0.5) is 5.69 Å². The Bertz CT molecular complexity index is 623. The second kappa shape index (κ2) is 6.02. The van der Waals surface area contributed by atoms with E-state index in [9.17, 15) is 0 Å². The van der Waals surface area contributed by atoms with Gasteiger partial charge in [0.15, 0.2) is 0 Å². The zero-order chi connectivity index (χ0) is 14.8. The van der Waals surface area contributed by atoms with E-state index in [0.29, 0.717) is 6.04 Å². The molecule has 3 nitrogen and oxygen atoms in total. The van der Waals surface area contributed by atoms with Crippen LogP contribution in [0.25, 0.3) is 10.9 Å². The molecule has 3 heteroatoms. The van der Waals surface area contributed by atoms with E-state index in [4.69, 9.17) is 5.73 Å². The van der Waals surface area contributed by atoms with Crippen molar-refractivity contribution >= 4 is 16.6 Å². The first-order valence-electron chi connectivity index (χ1n) is 7.97. The normalized spacial score (nSPS) is 22.8. The van der Waals surface area contributed by atoms with Gasteiger partial charge in [-0.25, -0.2) is 0 Å². The summed E-state index contributed by atoms with van der Waals surface area (Å²) >= 11 is 0. The molecule has 1 aromatic carbocycles. The maximum atomic E-state index is 6.06. The molecule has 2 unspecified atom stereocenters. The highest BCUT2D eigenvalue weighted by Crippen LogP contribution is 2.29. The Kier molecular flexibility index (Phi) is 4.11. The molecule has 0 amide bonds. The Hall–Kier alpha value is -1.61. The number of pyridine rings is 1. The molecular formula is C18H25N3. The molecular weight excluding hydrogens is 258 g/mol. The number of nitrogens with two attached hydrogens (primary N) is 1. The Morgan fingerprint density at radius 2 is 2.14 bits per heavy atom. The van der Waals surface area contributed by atoms with Gasteiger partial charge in [0.25, 0.3) is 0 Å². The Morgan fingerprint density at radius 3 is 2.95 bits per heavy atom. The molecule has 0 saturated heterocycles. The van der Waals surface area contributed by atoms with Crippen LogP contribution in [0.3, 0.4) is 0 Å². The van der Waals surface area contributed by atoms with Gasteiger partial charge in [0.1, 0.15) is 0 Å². The molecule has 2 atom stereocenters. The largest absolute Gasteiger partial charge is 0.398 e. The second-order valence-electron chi connectivity index (χ2n) is 6.55. The van der Waals surface area contributed by atoms with E-state index in [1.165, 1.54) is 31.2 Å².